The maximum Gasteiger partial charge on any atom is 0.259 e. The number of nitrogens with zero attached hydrogens (tertiary/aromatic N) is 3. The van der Waals surface area contributed by atoms with Gasteiger partial charge in [0.05, 0.1) is 0 Å². The maximum atomic E-state index is 13.1. The maximum absolute atomic E-state index is 13.1. The van der Waals surface area contributed by atoms with Crippen LogP contribution in [0.25, 0.3) is 0 Å². The fourth-order valence-electron chi connectivity index (χ4n) is 1.74. The first kappa shape index (κ1) is 14.5. The number of aromatic nitrogens is 2. The van der Waals surface area contributed by atoms with E-state index in [1.807, 2.05) is 31.9 Å². The summed E-state index contributed by atoms with van der Waals surface area (Å²) in [6.07, 6.45) is 3.05. The smallest absolute Gasteiger partial charge is 0.259 e. The Bertz CT molecular complexity index is 595. The van der Waals surface area contributed by atoms with E-state index in [-0.39, 0.29) is 5.82 Å². The van der Waals surface area contributed by atoms with Crippen LogP contribution in [-0.2, 0) is 11.8 Å². The molecule has 2 aromatic rings. The molecule has 4 nitrogen and oxygen atoms in total. The Morgan fingerprint density at radius 2 is 2.00 bits per heavy atom. The average Bonchev–Trinajstić information content (AvgIpc) is 2.83. The van der Waals surface area contributed by atoms with Gasteiger partial charge in [-0.05, 0) is 24.4 Å². The van der Waals surface area contributed by atoms with Crippen LogP contribution in [0.1, 0.15) is 17.5 Å². The van der Waals surface area contributed by atoms with Crippen LogP contribution in [0.2, 0.25) is 0 Å². The average molecular weight is 293 g/mol. The van der Waals surface area contributed by atoms with E-state index in [2.05, 4.69) is 4.98 Å². The van der Waals surface area contributed by atoms with E-state index < -0.39 is 6.10 Å². The van der Waals surface area contributed by atoms with Crippen molar-refractivity contribution in [3.63, 3.8) is 0 Å². The second kappa shape index (κ2) is 6.00. The third kappa shape index (κ3) is 3.14. The van der Waals surface area contributed by atoms with Crippen molar-refractivity contribution >= 4 is 17.4 Å². The second-order valence-corrected chi connectivity index (χ2v) is 4.96. The number of halogens is 1. The number of imidazole rings is 1. The van der Waals surface area contributed by atoms with Gasteiger partial charge < -0.3 is 14.2 Å². The monoisotopic (exact) mass is 293 g/mol. The lowest BCUT2D eigenvalue weighted by Gasteiger charge is -2.22. The Hall–Kier alpha value is -1.95. The first-order valence-electron chi connectivity index (χ1n) is 6.09. The van der Waals surface area contributed by atoms with Gasteiger partial charge >= 0.3 is 0 Å². The minimum absolute atomic E-state index is 0.289. The molecule has 1 unspecified atom stereocenters. The van der Waals surface area contributed by atoms with Gasteiger partial charge in [-0.2, -0.15) is 0 Å². The van der Waals surface area contributed by atoms with E-state index in [0.717, 1.165) is 5.56 Å². The van der Waals surface area contributed by atoms with Crippen molar-refractivity contribution in [1.82, 2.24) is 14.5 Å². The third-order valence-electron chi connectivity index (χ3n) is 2.85. The van der Waals surface area contributed by atoms with Gasteiger partial charge in [-0.1, -0.05) is 12.1 Å². The summed E-state index contributed by atoms with van der Waals surface area (Å²) in [6.45, 7) is 0. The molecule has 1 aromatic heterocycles. The minimum Gasteiger partial charge on any atom is -0.454 e. The van der Waals surface area contributed by atoms with Crippen LogP contribution in [0.5, 0.6) is 0 Å². The number of ether oxygens (including phenoxy) is 1. The van der Waals surface area contributed by atoms with Gasteiger partial charge in [0.15, 0.2) is 11.9 Å². The number of thiocarbonyl (C=S) groups is 1. The zero-order valence-corrected chi connectivity index (χ0v) is 12.4. The van der Waals surface area contributed by atoms with Crippen LogP contribution in [0, 0.1) is 5.82 Å². The molecular formula is C14H16FN3OS. The zero-order valence-electron chi connectivity index (χ0n) is 11.6. The Balaban J connectivity index is 2.36. The highest BCUT2D eigenvalue weighted by Crippen LogP contribution is 2.25. The van der Waals surface area contributed by atoms with Gasteiger partial charge in [-0.3, -0.25) is 0 Å². The number of benzene rings is 1. The number of aryl methyl sites for hydroxylation is 1. The lowest BCUT2D eigenvalue weighted by molar-refractivity contribution is 0.195. The molecule has 20 heavy (non-hydrogen) atoms. The molecule has 0 aliphatic heterocycles. The van der Waals surface area contributed by atoms with E-state index in [9.17, 15) is 4.39 Å². The van der Waals surface area contributed by atoms with Crippen LogP contribution in [-0.4, -0.2) is 33.7 Å². The van der Waals surface area contributed by atoms with Crippen LogP contribution in [0.15, 0.2) is 36.7 Å². The van der Waals surface area contributed by atoms with Crippen molar-refractivity contribution in [2.24, 2.45) is 7.05 Å². The van der Waals surface area contributed by atoms with Gasteiger partial charge in [-0.15, -0.1) is 0 Å². The lowest BCUT2D eigenvalue weighted by Crippen LogP contribution is -2.26. The largest absolute Gasteiger partial charge is 0.454 e. The zero-order chi connectivity index (χ0) is 14.7. The molecule has 0 N–H and O–H groups in total. The van der Waals surface area contributed by atoms with Gasteiger partial charge in [0.25, 0.3) is 5.17 Å². The summed E-state index contributed by atoms with van der Waals surface area (Å²) < 4.78 is 20.7. The van der Waals surface area contributed by atoms with Crippen molar-refractivity contribution in [2.75, 3.05) is 14.1 Å². The molecule has 1 atom stereocenters. The molecule has 0 spiro atoms. The highest BCUT2D eigenvalue weighted by Gasteiger charge is 2.22. The summed E-state index contributed by atoms with van der Waals surface area (Å²) in [5.41, 5.74) is 0.796. The predicted molar refractivity (Wildman–Crippen MR) is 78.8 cm³/mol. The summed E-state index contributed by atoms with van der Waals surface area (Å²) in [5, 5.41) is 0.349. The van der Waals surface area contributed by atoms with Crippen molar-refractivity contribution in [1.29, 1.82) is 0 Å². The standard InChI is InChI=1S/C14H16FN3OS/c1-17(2)14(20)19-12(13-16-8-9-18(13)3)10-4-6-11(15)7-5-10/h4-9,12H,1-3H3. The molecule has 6 heteroatoms. The van der Waals surface area contributed by atoms with E-state index in [1.54, 1.807) is 23.2 Å². The van der Waals surface area contributed by atoms with E-state index in [1.165, 1.54) is 12.1 Å². The van der Waals surface area contributed by atoms with E-state index >= 15 is 0 Å². The molecule has 0 fully saturated rings. The topological polar surface area (TPSA) is 30.3 Å². The third-order valence-corrected chi connectivity index (χ3v) is 3.31. The SMILES string of the molecule is CN(C)C(=S)OC(c1ccc(F)cc1)c1nccn1C. The minimum atomic E-state index is -0.467. The second-order valence-electron chi connectivity index (χ2n) is 4.61. The van der Waals surface area contributed by atoms with Crippen LogP contribution in [0.3, 0.4) is 0 Å². The molecule has 1 aromatic carbocycles. The molecule has 0 amide bonds. The summed E-state index contributed by atoms with van der Waals surface area (Å²) in [5.74, 6) is 0.420. The molecule has 0 aliphatic carbocycles. The molecule has 1 heterocycles. The highest BCUT2D eigenvalue weighted by atomic mass is 32.1. The van der Waals surface area contributed by atoms with Gasteiger partial charge in [0, 0.05) is 39.1 Å². The van der Waals surface area contributed by atoms with Gasteiger partial charge in [-0.25, -0.2) is 9.37 Å². The summed E-state index contributed by atoms with van der Waals surface area (Å²) in [4.78, 5) is 6.00. The Kier molecular flexibility index (Phi) is 4.34. The van der Waals surface area contributed by atoms with Crippen LogP contribution < -0.4 is 0 Å². The fourth-order valence-corrected chi connectivity index (χ4v) is 1.84. The molecular weight excluding hydrogens is 277 g/mol. The summed E-state index contributed by atoms with van der Waals surface area (Å²) >= 11 is 5.19. The highest BCUT2D eigenvalue weighted by molar-refractivity contribution is 7.80. The van der Waals surface area contributed by atoms with Crippen LogP contribution in [0.4, 0.5) is 4.39 Å². The van der Waals surface area contributed by atoms with Gasteiger partial charge in [0.1, 0.15) is 5.82 Å². The quantitative estimate of drug-likeness (QED) is 0.814. The Morgan fingerprint density at radius 1 is 1.35 bits per heavy atom. The Morgan fingerprint density at radius 3 is 2.50 bits per heavy atom. The normalized spacial score (nSPS) is 12.0. The molecule has 0 bridgehead atoms. The fraction of sp³-hybridized carbons (Fsp3) is 0.286. The molecule has 0 saturated carbocycles. The van der Waals surface area contributed by atoms with Crippen LogP contribution >= 0.6 is 12.2 Å². The van der Waals surface area contributed by atoms with Crippen molar-refractivity contribution in [3.05, 3.63) is 53.9 Å². The number of hydrogen-bond donors (Lipinski definition) is 0. The van der Waals surface area contributed by atoms with Crippen molar-refractivity contribution in [2.45, 2.75) is 6.10 Å². The molecule has 0 saturated heterocycles. The van der Waals surface area contributed by atoms with Gasteiger partial charge in [0.2, 0.25) is 0 Å². The molecule has 106 valence electrons. The predicted octanol–water partition coefficient (Wildman–Crippen LogP) is 2.51. The Labute approximate surface area is 122 Å². The number of hydrogen-bond acceptors (Lipinski definition) is 3. The molecule has 0 aliphatic rings. The van der Waals surface area contributed by atoms with Crippen molar-refractivity contribution < 1.29 is 9.13 Å². The van der Waals surface area contributed by atoms with E-state index in [0.29, 0.717) is 11.0 Å². The summed E-state index contributed by atoms with van der Waals surface area (Å²) in [7, 11) is 5.49. The lowest BCUT2D eigenvalue weighted by atomic mass is 10.1. The number of rotatable bonds is 3. The molecule has 2 rings (SSSR count). The summed E-state index contributed by atoms with van der Waals surface area (Å²) in [6, 6.07) is 6.14. The molecule has 0 radical (unpaired) electrons. The van der Waals surface area contributed by atoms with Crippen molar-refractivity contribution in [3.8, 4) is 0 Å². The first-order valence-corrected chi connectivity index (χ1v) is 6.50. The van der Waals surface area contributed by atoms with E-state index in [4.69, 9.17) is 17.0 Å². The first-order chi connectivity index (χ1) is 9.49.